The Kier molecular flexibility index (Phi) is 3.92. The van der Waals surface area contributed by atoms with Gasteiger partial charge in [0.1, 0.15) is 0 Å². The molecule has 23 heavy (non-hydrogen) atoms. The first-order chi connectivity index (χ1) is 11.0. The minimum Gasteiger partial charge on any atom is -0.276 e. The highest BCUT2D eigenvalue weighted by Gasteiger charge is 2.19. The number of aromatic nitrogens is 2. The van der Waals surface area contributed by atoms with Crippen molar-refractivity contribution in [3.05, 3.63) is 66.4 Å². The van der Waals surface area contributed by atoms with E-state index >= 15 is 0 Å². The second-order valence-corrected chi connectivity index (χ2v) is 7.00. The van der Waals surface area contributed by atoms with Gasteiger partial charge >= 0.3 is 0 Å². The molecule has 0 fully saturated rings. The van der Waals surface area contributed by atoms with Gasteiger partial charge in [-0.2, -0.15) is 5.10 Å². The van der Waals surface area contributed by atoms with Crippen LogP contribution in [0.2, 0.25) is 0 Å². The molecule has 6 heteroatoms. The molecule has 0 spiro atoms. The number of sulfonamides is 1. The van der Waals surface area contributed by atoms with Gasteiger partial charge in [0.05, 0.1) is 22.5 Å². The van der Waals surface area contributed by atoms with Gasteiger partial charge in [0.25, 0.3) is 10.0 Å². The number of hydrogen-bond acceptors (Lipinski definition) is 3. The van der Waals surface area contributed by atoms with Crippen LogP contribution in [0.5, 0.6) is 0 Å². The van der Waals surface area contributed by atoms with Gasteiger partial charge in [0, 0.05) is 12.6 Å². The molecule has 1 N–H and O–H groups in total. The molecule has 2 aromatic carbocycles. The van der Waals surface area contributed by atoms with E-state index in [1.54, 1.807) is 36.0 Å². The van der Waals surface area contributed by atoms with Gasteiger partial charge < -0.3 is 0 Å². The molecule has 0 atom stereocenters. The van der Waals surface area contributed by atoms with E-state index in [1.165, 1.54) is 6.20 Å². The fraction of sp³-hybridized carbons (Fsp3) is 0.118. The highest BCUT2D eigenvalue weighted by atomic mass is 32.2. The van der Waals surface area contributed by atoms with Crippen molar-refractivity contribution in [1.29, 1.82) is 0 Å². The van der Waals surface area contributed by atoms with Gasteiger partial charge in [-0.15, -0.1) is 0 Å². The van der Waals surface area contributed by atoms with Gasteiger partial charge in [0.15, 0.2) is 0 Å². The predicted molar refractivity (Wildman–Crippen MR) is 90.6 cm³/mol. The topological polar surface area (TPSA) is 64.0 Å². The van der Waals surface area contributed by atoms with E-state index in [-0.39, 0.29) is 4.90 Å². The molecule has 3 aromatic rings. The summed E-state index contributed by atoms with van der Waals surface area (Å²) in [6, 6.07) is 16.3. The van der Waals surface area contributed by atoms with Crippen LogP contribution < -0.4 is 4.72 Å². The van der Waals surface area contributed by atoms with E-state index in [0.717, 1.165) is 16.8 Å². The Hall–Kier alpha value is -2.60. The molecule has 1 heterocycles. The number of hydrogen-bond donors (Lipinski definition) is 1. The van der Waals surface area contributed by atoms with Crippen molar-refractivity contribution in [2.24, 2.45) is 7.05 Å². The molecular weight excluding hydrogens is 310 g/mol. The summed E-state index contributed by atoms with van der Waals surface area (Å²) in [7, 11) is -1.87. The fourth-order valence-corrected chi connectivity index (χ4v) is 3.42. The largest absolute Gasteiger partial charge is 0.276 e. The van der Waals surface area contributed by atoms with Crippen molar-refractivity contribution >= 4 is 15.7 Å². The Labute approximate surface area is 135 Å². The fourth-order valence-electron chi connectivity index (χ4n) is 2.37. The maximum Gasteiger partial charge on any atom is 0.262 e. The number of nitrogens with one attached hydrogen (secondary N) is 1. The summed E-state index contributed by atoms with van der Waals surface area (Å²) in [5.74, 6) is 0. The third-order valence-electron chi connectivity index (χ3n) is 3.56. The molecule has 5 nitrogen and oxygen atoms in total. The molecule has 0 saturated carbocycles. The minimum absolute atomic E-state index is 0.228. The van der Waals surface area contributed by atoms with E-state index in [9.17, 15) is 8.42 Å². The van der Waals surface area contributed by atoms with Crippen molar-refractivity contribution in [3.63, 3.8) is 0 Å². The standard InChI is InChI=1S/C17H17N3O2S/c1-13-8-10-15(11-9-13)23(21,22)19-16-12-18-20(2)17(16)14-6-4-3-5-7-14/h3-12,19H,1-2H3. The number of nitrogens with zero attached hydrogens (tertiary/aromatic N) is 2. The number of rotatable bonds is 4. The average molecular weight is 327 g/mol. The summed E-state index contributed by atoms with van der Waals surface area (Å²) in [5, 5.41) is 4.17. The molecular formula is C17H17N3O2S. The lowest BCUT2D eigenvalue weighted by Crippen LogP contribution is -2.13. The molecule has 0 amide bonds. The SMILES string of the molecule is Cc1ccc(S(=O)(=O)Nc2cnn(C)c2-c2ccccc2)cc1. The normalized spacial score (nSPS) is 11.4. The van der Waals surface area contributed by atoms with Crippen LogP contribution in [0.25, 0.3) is 11.3 Å². The van der Waals surface area contributed by atoms with Crippen LogP contribution in [0.15, 0.2) is 65.7 Å². The zero-order valence-electron chi connectivity index (χ0n) is 12.9. The number of aryl methyl sites for hydroxylation is 2. The second kappa shape index (κ2) is 5.89. The first-order valence-corrected chi connectivity index (χ1v) is 8.62. The molecule has 0 unspecified atom stereocenters. The lowest BCUT2D eigenvalue weighted by molar-refractivity contribution is 0.601. The molecule has 3 rings (SSSR count). The van der Waals surface area contributed by atoms with Crippen LogP contribution in [-0.4, -0.2) is 18.2 Å². The highest BCUT2D eigenvalue weighted by molar-refractivity contribution is 7.92. The van der Waals surface area contributed by atoms with Crippen LogP contribution >= 0.6 is 0 Å². The van der Waals surface area contributed by atoms with Crippen molar-refractivity contribution in [2.45, 2.75) is 11.8 Å². The van der Waals surface area contributed by atoms with Gasteiger partial charge in [-0.3, -0.25) is 9.40 Å². The summed E-state index contributed by atoms with van der Waals surface area (Å²) < 4.78 is 29.4. The lowest BCUT2D eigenvalue weighted by Gasteiger charge is -2.10. The van der Waals surface area contributed by atoms with E-state index < -0.39 is 10.0 Å². The highest BCUT2D eigenvalue weighted by Crippen LogP contribution is 2.29. The minimum atomic E-state index is -3.65. The molecule has 0 aliphatic rings. The van der Waals surface area contributed by atoms with Crippen LogP contribution in [0.3, 0.4) is 0 Å². The molecule has 1 aromatic heterocycles. The predicted octanol–water partition coefficient (Wildman–Crippen LogP) is 3.20. The second-order valence-electron chi connectivity index (χ2n) is 5.32. The third kappa shape index (κ3) is 3.12. The third-order valence-corrected chi connectivity index (χ3v) is 4.94. The average Bonchev–Trinajstić information content (AvgIpc) is 2.88. The maximum atomic E-state index is 12.6. The maximum absolute atomic E-state index is 12.6. The summed E-state index contributed by atoms with van der Waals surface area (Å²) >= 11 is 0. The lowest BCUT2D eigenvalue weighted by atomic mass is 10.1. The Morgan fingerprint density at radius 3 is 2.30 bits per heavy atom. The van der Waals surface area contributed by atoms with Crippen LogP contribution in [0, 0.1) is 6.92 Å². The number of benzene rings is 2. The van der Waals surface area contributed by atoms with E-state index in [4.69, 9.17) is 0 Å². The van der Waals surface area contributed by atoms with Crippen LogP contribution in [0.4, 0.5) is 5.69 Å². The Balaban J connectivity index is 1.99. The summed E-state index contributed by atoms with van der Waals surface area (Å²) in [6.07, 6.45) is 1.52. The van der Waals surface area contributed by atoms with E-state index in [2.05, 4.69) is 9.82 Å². The van der Waals surface area contributed by atoms with Gasteiger partial charge in [-0.05, 0) is 19.1 Å². The Bertz CT molecular complexity index is 914. The molecule has 0 bridgehead atoms. The van der Waals surface area contributed by atoms with Crippen molar-refractivity contribution in [2.75, 3.05) is 4.72 Å². The van der Waals surface area contributed by atoms with Gasteiger partial charge in [-0.1, -0.05) is 48.0 Å². The van der Waals surface area contributed by atoms with Crippen LogP contribution in [-0.2, 0) is 17.1 Å². The molecule has 118 valence electrons. The number of anilines is 1. The zero-order chi connectivity index (χ0) is 16.4. The molecule has 0 aliphatic heterocycles. The zero-order valence-corrected chi connectivity index (χ0v) is 13.7. The first-order valence-electron chi connectivity index (χ1n) is 7.14. The van der Waals surface area contributed by atoms with Crippen molar-refractivity contribution < 1.29 is 8.42 Å². The molecule has 0 radical (unpaired) electrons. The first kappa shape index (κ1) is 15.3. The van der Waals surface area contributed by atoms with E-state index in [0.29, 0.717) is 5.69 Å². The summed E-state index contributed by atoms with van der Waals surface area (Å²) in [5.41, 5.74) is 3.09. The van der Waals surface area contributed by atoms with E-state index in [1.807, 2.05) is 37.3 Å². The Morgan fingerprint density at radius 1 is 1.00 bits per heavy atom. The van der Waals surface area contributed by atoms with Crippen molar-refractivity contribution in [3.8, 4) is 11.3 Å². The molecule has 0 aliphatic carbocycles. The quantitative estimate of drug-likeness (QED) is 0.800. The summed E-state index contributed by atoms with van der Waals surface area (Å²) in [4.78, 5) is 0.228. The monoisotopic (exact) mass is 327 g/mol. The van der Waals surface area contributed by atoms with Gasteiger partial charge in [0.2, 0.25) is 0 Å². The smallest absolute Gasteiger partial charge is 0.262 e. The summed E-state index contributed by atoms with van der Waals surface area (Å²) in [6.45, 7) is 1.92. The van der Waals surface area contributed by atoms with Gasteiger partial charge in [-0.25, -0.2) is 8.42 Å². The Morgan fingerprint density at radius 2 is 1.65 bits per heavy atom. The van der Waals surface area contributed by atoms with Crippen LogP contribution in [0.1, 0.15) is 5.56 Å². The van der Waals surface area contributed by atoms with Crippen molar-refractivity contribution in [1.82, 2.24) is 9.78 Å². The molecule has 0 saturated heterocycles.